The van der Waals surface area contributed by atoms with E-state index in [0.29, 0.717) is 17.4 Å². The van der Waals surface area contributed by atoms with E-state index >= 15 is 0 Å². The summed E-state index contributed by atoms with van der Waals surface area (Å²) in [4.78, 5) is 0. The summed E-state index contributed by atoms with van der Waals surface area (Å²) in [6.07, 6.45) is 1.07. The largest absolute Gasteiger partial charge is 0.507 e. The molecule has 1 unspecified atom stereocenters. The predicted molar refractivity (Wildman–Crippen MR) is 96.5 cm³/mol. The third kappa shape index (κ3) is 3.36. The average molecular weight is 312 g/mol. The quantitative estimate of drug-likeness (QED) is 0.781. The average Bonchev–Trinajstić information content (AvgIpc) is 2.50. The van der Waals surface area contributed by atoms with Gasteiger partial charge in [-0.25, -0.2) is 0 Å². The molecule has 1 atom stereocenters. The molecule has 0 bridgehead atoms. The standard InChI is InChI=1S/C21H28O2/c1-7-12(2)19(17-8-13(3)20(22)14(4)9-17)18-10-15(5)21(23)16(6)11-18/h8-12,19,22-23H,7H2,1-6H3. The first-order valence-electron chi connectivity index (χ1n) is 8.36. The van der Waals surface area contributed by atoms with E-state index in [1.807, 2.05) is 27.7 Å². The lowest BCUT2D eigenvalue weighted by atomic mass is 9.78. The number of benzene rings is 2. The second kappa shape index (κ2) is 6.66. The van der Waals surface area contributed by atoms with Crippen LogP contribution >= 0.6 is 0 Å². The lowest BCUT2D eigenvalue weighted by Gasteiger charge is -2.26. The van der Waals surface area contributed by atoms with Crippen LogP contribution in [0.5, 0.6) is 11.5 Å². The van der Waals surface area contributed by atoms with Gasteiger partial charge < -0.3 is 10.2 Å². The normalized spacial score (nSPS) is 12.7. The molecular weight excluding hydrogens is 284 g/mol. The van der Waals surface area contributed by atoms with Crippen molar-refractivity contribution >= 4 is 0 Å². The van der Waals surface area contributed by atoms with E-state index in [4.69, 9.17) is 0 Å². The van der Waals surface area contributed by atoms with Crippen molar-refractivity contribution in [2.24, 2.45) is 5.92 Å². The summed E-state index contributed by atoms with van der Waals surface area (Å²) >= 11 is 0. The number of hydrogen-bond acceptors (Lipinski definition) is 2. The summed E-state index contributed by atoms with van der Waals surface area (Å²) in [5.74, 6) is 1.50. The second-order valence-corrected chi connectivity index (χ2v) is 6.87. The Morgan fingerprint density at radius 2 is 1.04 bits per heavy atom. The van der Waals surface area contributed by atoms with E-state index in [1.54, 1.807) is 0 Å². The SMILES string of the molecule is CCC(C)C(c1cc(C)c(O)c(C)c1)c1cc(C)c(O)c(C)c1. The molecule has 2 aromatic carbocycles. The van der Waals surface area contributed by atoms with Gasteiger partial charge in [-0.2, -0.15) is 0 Å². The van der Waals surface area contributed by atoms with Gasteiger partial charge in [-0.15, -0.1) is 0 Å². The van der Waals surface area contributed by atoms with Gasteiger partial charge in [-0.3, -0.25) is 0 Å². The highest BCUT2D eigenvalue weighted by Crippen LogP contribution is 2.39. The molecule has 124 valence electrons. The van der Waals surface area contributed by atoms with Gasteiger partial charge in [0.1, 0.15) is 11.5 Å². The first-order chi connectivity index (χ1) is 10.8. The maximum absolute atomic E-state index is 10.1. The van der Waals surface area contributed by atoms with Crippen LogP contribution in [0, 0.1) is 33.6 Å². The molecule has 2 nitrogen and oxygen atoms in total. The lowest BCUT2D eigenvalue weighted by Crippen LogP contribution is -2.12. The van der Waals surface area contributed by atoms with Crippen LogP contribution in [0.1, 0.15) is 59.6 Å². The van der Waals surface area contributed by atoms with Gasteiger partial charge >= 0.3 is 0 Å². The minimum absolute atomic E-state index is 0.260. The molecule has 0 radical (unpaired) electrons. The molecule has 23 heavy (non-hydrogen) atoms. The summed E-state index contributed by atoms with van der Waals surface area (Å²) in [5.41, 5.74) is 6.13. The summed E-state index contributed by atoms with van der Waals surface area (Å²) in [7, 11) is 0. The summed E-state index contributed by atoms with van der Waals surface area (Å²) in [6, 6.07) is 8.38. The van der Waals surface area contributed by atoms with Crippen molar-refractivity contribution in [1.82, 2.24) is 0 Å². The van der Waals surface area contributed by atoms with Gasteiger partial charge in [0.2, 0.25) is 0 Å². The Hall–Kier alpha value is -1.96. The molecule has 0 fully saturated rings. The Bertz CT molecular complexity index is 612. The molecule has 0 saturated carbocycles. The summed E-state index contributed by atoms with van der Waals surface area (Å²) in [5, 5.41) is 20.1. The fourth-order valence-electron chi connectivity index (χ4n) is 3.42. The Balaban J connectivity index is 2.63. The topological polar surface area (TPSA) is 40.5 Å². The molecule has 0 aromatic heterocycles. The molecule has 0 aliphatic rings. The van der Waals surface area contributed by atoms with Crippen molar-refractivity contribution in [2.45, 2.75) is 53.9 Å². The van der Waals surface area contributed by atoms with Gasteiger partial charge in [-0.1, -0.05) is 44.5 Å². The highest BCUT2D eigenvalue weighted by Gasteiger charge is 2.23. The second-order valence-electron chi connectivity index (χ2n) is 6.87. The molecule has 0 amide bonds. The maximum Gasteiger partial charge on any atom is 0.121 e. The van der Waals surface area contributed by atoms with E-state index in [-0.39, 0.29) is 5.92 Å². The van der Waals surface area contributed by atoms with Crippen molar-refractivity contribution < 1.29 is 10.2 Å². The first kappa shape index (κ1) is 17.4. The highest BCUT2D eigenvalue weighted by atomic mass is 16.3. The fourth-order valence-corrected chi connectivity index (χ4v) is 3.42. The van der Waals surface area contributed by atoms with Gasteiger partial charge in [0.15, 0.2) is 0 Å². The Labute approximate surface area is 139 Å². The molecule has 0 saturated heterocycles. The first-order valence-corrected chi connectivity index (χ1v) is 8.36. The molecule has 2 N–H and O–H groups in total. The molecular formula is C21H28O2. The summed E-state index contributed by atoms with van der Waals surface area (Å²) < 4.78 is 0. The van der Waals surface area contributed by atoms with Crippen LogP contribution in [-0.4, -0.2) is 10.2 Å². The van der Waals surface area contributed by atoms with Gasteiger partial charge in [-0.05, 0) is 67.0 Å². The number of rotatable bonds is 4. The van der Waals surface area contributed by atoms with E-state index in [2.05, 4.69) is 38.1 Å². The number of phenolic OH excluding ortho intramolecular Hbond substituents is 2. The zero-order chi connectivity index (χ0) is 17.3. The van der Waals surface area contributed by atoms with Crippen molar-refractivity contribution in [3.05, 3.63) is 57.6 Å². The number of phenols is 2. The van der Waals surface area contributed by atoms with E-state index in [1.165, 1.54) is 11.1 Å². The van der Waals surface area contributed by atoms with E-state index in [9.17, 15) is 10.2 Å². The molecule has 2 aromatic rings. The van der Waals surface area contributed by atoms with Gasteiger partial charge in [0, 0.05) is 5.92 Å². The van der Waals surface area contributed by atoms with Crippen molar-refractivity contribution in [1.29, 1.82) is 0 Å². The molecule has 0 heterocycles. The molecule has 2 heteroatoms. The van der Waals surface area contributed by atoms with Crippen LogP contribution in [0.3, 0.4) is 0 Å². The Morgan fingerprint density at radius 1 is 0.739 bits per heavy atom. The van der Waals surface area contributed by atoms with Gasteiger partial charge in [0.05, 0.1) is 0 Å². The van der Waals surface area contributed by atoms with Crippen molar-refractivity contribution in [3.8, 4) is 11.5 Å². The van der Waals surface area contributed by atoms with Crippen LogP contribution in [0.4, 0.5) is 0 Å². The van der Waals surface area contributed by atoms with E-state index in [0.717, 1.165) is 28.7 Å². The number of aromatic hydroxyl groups is 2. The predicted octanol–water partition coefficient (Wildman–Crippen LogP) is 5.51. The van der Waals surface area contributed by atoms with Crippen LogP contribution in [-0.2, 0) is 0 Å². The lowest BCUT2D eigenvalue weighted by molar-refractivity contribution is 0.461. The number of aryl methyl sites for hydroxylation is 4. The van der Waals surface area contributed by atoms with Crippen LogP contribution in [0.15, 0.2) is 24.3 Å². The smallest absolute Gasteiger partial charge is 0.121 e. The minimum Gasteiger partial charge on any atom is -0.507 e. The third-order valence-corrected chi connectivity index (χ3v) is 4.96. The third-order valence-electron chi connectivity index (χ3n) is 4.96. The van der Waals surface area contributed by atoms with Crippen LogP contribution in [0.25, 0.3) is 0 Å². The number of hydrogen-bond donors (Lipinski definition) is 2. The molecule has 2 rings (SSSR count). The minimum atomic E-state index is 0.260. The van der Waals surface area contributed by atoms with Crippen LogP contribution in [0.2, 0.25) is 0 Å². The zero-order valence-corrected chi connectivity index (χ0v) is 15.1. The van der Waals surface area contributed by atoms with Gasteiger partial charge in [0.25, 0.3) is 0 Å². The molecule has 0 spiro atoms. The monoisotopic (exact) mass is 312 g/mol. The summed E-state index contributed by atoms with van der Waals surface area (Å²) in [6.45, 7) is 12.3. The van der Waals surface area contributed by atoms with E-state index < -0.39 is 0 Å². The molecule has 0 aliphatic heterocycles. The zero-order valence-electron chi connectivity index (χ0n) is 15.1. The van der Waals surface area contributed by atoms with Crippen LogP contribution < -0.4 is 0 Å². The van der Waals surface area contributed by atoms with Crippen molar-refractivity contribution in [3.63, 3.8) is 0 Å². The fraction of sp³-hybridized carbons (Fsp3) is 0.429. The Morgan fingerprint density at radius 3 is 1.30 bits per heavy atom. The molecule has 0 aliphatic carbocycles. The Kier molecular flexibility index (Phi) is 5.03. The highest BCUT2D eigenvalue weighted by molar-refractivity contribution is 5.49. The van der Waals surface area contributed by atoms with Crippen molar-refractivity contribution in [2.75, 3.05) is 0 Å². The maximum atomic E-state index is 10.1.